The molecule has 0 aliphatic carbocycles. The second-order valence-electron chi connectivity index (χ2n) is 3.48. The van der Waals surface area contributed by atoms with E-state index in [0.717, 1.165) is 5.56 Å². The van der Waals surface area contributed by atoms with Crippen molar-refractivity contribution in [3.05, 3.63) is 28.8 Å². The Morgan fingerprint density at radius 3 is 2.75 bits per heavy atom. The zero-order valence-corrected chi connectivity index (χ0v) is 10.5. The quantitative estimate of drug-likeness (QED) is 0.815. The first-order valence-electron chi connectivity index (χ1n) is 4.83. The molecule has 0 spiro atoms. The highest BCUT2D eigenvalue weighted by Crippen LogP contribution is 2.20. The lowest BCUT2D eigenvalue weighted by Crippen LogP contribution is -2.15. The molecule has 0 heterocycles. The number of benzene rings is 1. The summed E-state index contributed by atoms with van der Waals surface area (Å²) in [5.74, 6) is -0.118. The fourth-order valence-corrected chi connectivity index (χ4v) is 1.41. The topological polar surface area (TPSA) is 55.1 Å². The Morgan fingerprint density at radius 2 is 2.19 bits per heavy atom. The number of anilines is 1. The summed E-state index contributed by atoms with van der Waals surface area (Å²) in [5.41, 5.74) is 6.97. The van der Waals surface area contributed by atoms with Crippen LogP contribution in [-0.2, 0) is 4.79 Å². The van der Waals surface area contributed by atoms with Gasteiger partial charge in [0.1, 0.15) is 0 Å². The minimum absolute atomic E-state index is 0.118. The van der Waals surface area contributed by atoms with E-state index < -0.39 is 0 Å². The molecule has 0 atom stereocenters. The molecule has 0 aromatic heterocycles. The van der Waals surface area contributed by atoms with Crippen molar-refractivity contribution in [2.45, 2.75) is 19.8 Å². The number of hydrogen-bond donors (Lipinski definition) is 2. The van der Waals surface area contributed by atoms with Crippen LogP contribution in [0.2, 0.25) is 5.02 Å². The number of carbonyl (C=O) groups is 1. The average Bonchev–Trinajstić information content (AvgIpc) is 2.21. The third-order valence-electron chi connectivity index (χ3n) is 2.05. The van der Waals surface area contributed by atoms with Crippen molar-refractivity contribution in [2.75, 3.05) is 5.32 Å². The molecular formula is C11H13ClN2OS. The molecule has 0 bridgehead atoms. The molecule has 0 fully saturated rings. The van der Waals surface area contributed by atoms with Gasteiger partial charge in [-0.05, 0) is 24.6 Å². The number of amides is 1. The number of halogens is 1. The van der Waals surface area contributed by atoms with Gasteiger partial charge in [-0.2, -0.15) is 0 Å². The van der Waals surface area contributed by atoms with Crippen molar-refractivity contribution >= 4 is 40.4 Å². The average molecular weight is 257 g/mol. The molecule has 5 heteroatoms. The molecule has 1 rings (SSSR count). The molecule has 16 heavy (non-hydrogen) atoms. The van der Waals surface area contributed by atoms with Crippen molar-refractivity contribution in [1.29, 1.82) is 0 Å². The van der Waals surface area contributed by atoms with Crippen LogP contribution in [0.15, 0.2) is 18.2 Å². The SMILES string of the molecule is Cc1ccc(NC(=O)CCC(N)=S)cc1Cl. The lowest BCUT2D eigenvalue weighted by atomic mass is 10.2. The van der Waals surface area contributed by atoms with Gasteiger partial charge in [-0.15, -0.1) is 0 Å². The molecule has 3 N–H and O–H groups in total. The van der Waals surface area contributed by atoms with Crippen molar-refractivity contribution in [3.8, 4) is 0 Å². The van der Waals surface area contributed by atoms with Crippen LogP contribution in [0.5, 0.6) is 0 Å². The standard InChI is InChI=1S/C11H13ClN2OS/c1-7-2-3-8(6-9(7)12)14-11(15)5-4-10(13)16/h2-3,6H,4-5H2,1H3,(H2,13,16)(H,14,15). The summed E-state index contributed by atoms with van der Waals surface area (Å²) in [5, 5.41) is 3.36. The van der Waals surface area contributed by atoms with Crippen LogP contribution in [0, 0.1) is 6.92 Å². The number of hydrogen-bond acceptors (Lipinski definition) is 2. The highest BCUT2D eigenvalue weighted by Gasteiger charge is 2.04. The van der Waals surface area contributed by atoms with Gasteiger partial charge in [0.05, 0.1) is 4.99 Å². The van der Waals surface area contributed by atoms with Gasteiger partial charge >= 0.3 is 0 Å². The van der Waals surface area contributed by atoms with Gasteiger partial charge in [-0.25, -0.2) is 0 Å². The van der Waals surface area contributed by atoms with Gasteiger partial charge in [0.25, 0.3) is 0 Å². The molecule has 0 unspecified atom stereocenters. The van der Waals surface area contributed by atoms with E-state index in [4.69, 9.17) is 29.6 Å². The molecule has 0 saturated heterocycles. The summed E-state index contributed by atoms with van der Waals surface area (Å²) >= 11 is 10.6. The fourth-order valence-electron chi connectivity index (χ4n) is 1.13. The van der Waals surface area contributed by atoms with Crippen molar-refractivity contribution in [1.82, 2.24) is 0 Å². The van der Waals surface area contributed by atoms with E-state index >= 15 is 0 Å². The lowest BCUT2D eigenvalue weighted by Gasteiger charge is -2.06. The monoisotopic (exact) mass is 256 g/mol. The maximum atomic E-state index is 11.4. The van der Waals surface area contributed by atoms with E-state index in [0.29, 0.717) is 28.5 Å². The highest BCUT2D eigenvalue weighted by molar-refractivity contribution is 7.80. The Bertz CT molecular complexity index is 420. The van der Waals surface area contributed by atoms with E-state index in [1.165, 1.54) is 0 Å². The third-order valence-corrected chi connectivity index (χ3v) is 2.67. The lowest BCUT2D eigenvalue weighted by molar-refractivity contribution is -0.116. The Morgan fingerprint density at radius 1 is 1.50 bits per heavy atom. The Labute approximate surface area is 105 Å². The van der Waals surface area contributed by atoms with Crippen LogP contribution in [0.25, 0.3) is 0 Å². The summed E-state index contributed by atoms with van der Waals surface area (Å²) < 4.78 is 0. The second-order valence-corrected chi connectivity index (χ2v) is 4.41. The first-order chi connectivity index (χ1) is 7.49. The zero-order chi connectivity index (χ0) is 12.1. The molecule has 1 aromatic carbocycles. The van der Waals surface area contributed by atoms with E-state index in [9.17, 15) is 4.79 Å². The van der Waals surface area contributed by atoms with Crippen LogP contribution in [0.1, 0.15) is 18.4 Å². The molecule has 86 valence electrons. The van der Waals surface area contributed by atoms with E-state index in [1.54, 1.807) is 12.1 Å². The maximum absolute atomic E-state index is 11.4. The van der Waals surface area contributed by atoms with Crippen molar-refractivity contribution in [2.24, 2.45) is 5.73 Å². The first-order valence-corrected chi connectivity index (χ1v) is 5.62. The number of nitrogens with one attached hydrogen (secondary N) is 1. The van der Waals surface area contributed by atoms with Crippen LogP contribution in [0.3, 0.4) is 0 Å². The zero-order valence-electron chi connectivity index (χ0n) is 8.92. The molecule has 0 aliphatic rings. The second kappa shape index (κ2) is 5.82. The van der Waals surface area contributed by atoms with Crippen molar-refractivity contribution in [3.63, 3.8) is 0 Å². The molecule has 1 aromatic rings. The van der Waals surface area contributed by atoms with Crippen LogP contribution < -0.4 is 11.1 Å². The number of carbonyl (C=O) groups excluding carboxylic acids is 1. The number of thiocarbonyl (C=S) groups is 1. The number of nitrogens with two attached hydrogens (primary N) is 1. The Balaban J connectivity index is 2.56. The summed E-state index contributed by atoms with van der Waals surface area (Å²) in [6.45, 7) is 1.90. The normalized spacial score (nSPS) is 9.88. The Kier molecular flexibility index (Phi) is 4.71. The van der Waals surface area contributed by atoms with E-state index in [-0.39, 0.29) is 5.91 Å². The number of aryl methyl sites for hydroxylation is 1. The van der Waals surface area contributed by atoms with Crippen LogP contribution in [0.4, 0.5) is 5.69 Å². The van der Waals surface area contributed by atoms with Gasteiger partial charge in [0.2, 0.25) is 5.91 Å². The smallest absolute Gasteiger partial charge is 0.224 e. The molecule has 0 aliphatic heterocycles. The molecular weight excluding hydrogens is 244 g/mol. The molecule has 0 radical (unpaired) electrons. The maximum Gasteiger partial charge on any atom is 0.224 e. The van der Waals surface area contributed by atoms with Gasteiger partial charge in [-0.3, -0.25) is 4.79 Å². The van der Waals surface area contributed by atoms with Gasteiger partial charge in [0, 0.05) is 23.6 Å². The predicted octanol–water partition coefficient (Wildman–Crippen LogP) is 2.65. The largest absolute Gasteiger partial charge is 0.393 e. The predicted molar refractivity (Wildman–Crippen MR) is 70.8 cm³/mol. The molecule has 0 saturated carbocycles. The van der Waals surface area contributed by atoms with Crippen LogP contribution in [-0.4, -0.2) is 10.9 Å². The summed E-state index contributed by atoms with van der Waals surface area (Å²) in [7, 11) is 0. The fraction of sp³-hybridized carbons (Fsp3) is 0.273. The van der Waals surface area contributed by atoms with Gasteiger partial charge in [-0.1, -0.05) is 29.9 Å². The van der Waals surface area contributed by atoms with Gasteiger partial charge < -0.3 is 11.1 Å². The number of rotatable bonds is 4. The van der Waals surface area contributed by atoms with Gasteiger partial charge in [0.15, 0.2) is 0 Å². The summed E-state index contributed by atoms with van der Waals surface area (Å²) in [4.78, 5) is 11.8. The minimum Gasteiger partial charge on any atom is -0.393 e. The minimum atomic E-state index is -0.118. The third kappa shape index (κ3) is 4.16. The Hall–Kier alpha value is -1.13. The van der Waals surface area contributed by atoms with Crippen LogP contribution >= 0.6 is 23.8 Å². The summed E-state index contributed by atoms with van der Waals surface area (Å²) in [6.07, 6.45) is 0.710. The summed E-state index contributed by atoms with van der Waals surface area (Å²) in [6, 6.07) is 5.38. The molecule has 3 nitrogen and oxygen atoms in total. The van der Waals surface area contributed by atoms with Crippen molar-refractivity contribution < 1.29 is 4.79 Å². The highest BCUT2D eigenvalue weighted by atomic mass is 35.5. The first kappa shape index (κ1) is 12.9. The van der Waals surface area contributed by atoms with E-state index in [2.05, 4.69) is 5.32 Å². The molecule has 1 amide bonds. The van der Waals surface area contributed by atoms with E-state index in [1.807, 2.05) is 13.0 Å².